The van der Waals surface area contributed by atoms with Gasteiger partial charge in [-0.15, -0.1) is 0 Å². The molecule has 0 saturated carbocycles. The van der Waals surface area contributed by atoms with Crippen LogP contribution in [-0.4, -0.2) is 18.0 Å². The second kappa shape index (κ2) is 3.76. The smallest absolute Gasteiger partial charge is 0.224 e. The molecule has 1 amide bonds. The highest BCUT2D eigenvalue weighted by molar-refractivity contribution is 5.98. The zero-order valence-corrected chi connectivity index (χ0v) is 11.2. The Hall–Kier alpha value is -1.51. The average molecular weight is 232 g/mol. The molecule has 1 aliphatic rings. The van der Waals surface area contributed by atoms with E-state index < -0.39 is 0 Å². The molecule has 1 N–H and O–H groups in total. The van der Waals surface area contributed by atoms with Crippen LogP contribution in [0.2, 0.25) is 0 Å². The van der Waals surface area contributed by atoms with Crippen LogP contribution in [-0.2, 0) is 4.79 Å². The first-order chi connectivity index (χ1) is 7.83. The van der Waals surface area contributed by atoms with E-state index in [1.807, 2.05) is 4.90 Å². The van der Waals surface area contributed by atoms with Gasteiger partial charge in [0.15, 0.2) is 0 Å². The molecule has 2 rings (SSSR count). The summed E-state index contributed by atoms with van der Waals surface area (Å²) in [5, 5.41) is 3.41. The molecule has 0 spiro atoms. The topological polar surface area (TPSA) is 32.3 Å². The molecular formula is C14H20N2O. The van der Waals surface area contributed by atoms with Crippen LogP contribution in [0.1, 0.15) is 31.9 Å². The Morgan fingerprint density at radius 2 is 1.88 bits per heavy atom. The minimum absolute atomic E-state index is 0.0982. The number of aryl methyl sites for hydroxylation is 2. The molecule has 0 unspecified atom stereocenters. The molecule has 1 heterocycles. The number of fused-ring (bicyclic) bond motifs is 1. The van der Waals surface area contributed by atoms with Crippen molar-refractivity contribution >= 4 is 17.3 Å². The molecule has 3 heteroatoms. The largest absolute Gasteiger partial charge is 0.381 e. The Kier molecular flexibility index (Phi) is 2.64. The molecule has 0 aliphatic carbocycles. The lowest BCUT2D eigenvalue weighted by Gasteiger charge is -2.43. The monoisotopic (exact) mass is 232 g/mol. The maximum absolute atomic E-state index is 11.9. The Morgan fingerprint density at radius 3 is 2.47 bits per heavy atom. The van der Waals surface area contributed by atoms with Crippen LogP contribution in [0.15, 0.2) is 12.1 Å². The molecule has 0 fully saturated rings. The van der Waals surface area contributed by atoms with Gasteiger partial charge in [-0.1, -0.05) is 0 Å². The van der Waals surface area contributed by atoms with Crippen molar-refractivity contribution in [1.29, 1.82) is 0 Å². The summed E-state index contributed by atoms with van der Waals surface area (Å²) in [7, 11) is 0. The van der Waals surface area contributed by atoms with Gasteiger partial charge in [0.2, 0.25) is 5.91 Å². The lowest BCUT2D eigenvalue weighted by Crippen LogP contribution is -2.54. The van der Waals surface area contributed by atoms with Crippen molar-refractivity contribution in [1.82, 2.24) is 0 Å². The lowest BCUT2D eigenvalue weighted by molar-refractivity contribution is -0.117. The minimum Gasteiger partial charge on any atom is -0.381 e. The van der Waals surface area contributed by atoms with Crippen molar-refractivity contribution < 1.29 is 4.79 Å². The van der Waals surface area contributed by atoms with Crippen LogP contribution >= 0.6 is 0 Å². The number of rotatable bonds is 0. The fraction of sp³-hybridized carbons (Fsp3) is 0.500. The first kappa shape index (κ1) is 12.0. The Morgan fingerprint density at radius 1 is 1.29 bits per heavy atom. The molecule has 0 saturated heterocycles. The maximum atomic E-state index is 11.9. The third kappa shape index (κ3) is 1.90. The summed E-state index contributed by atoms with van der Waals surface area (Å²) in [6.07, 6.45) is 0. The second-order valence-electron chi connectivity index (χ2n) is 5.47. The summed E-state index contributed by atoms with van der Waals surface area (Å²) >= 11 is 0. The Balaban J connectivity index is 2.60. The number of hydrogen-bond acceptors (Lipinski definition) is 2. The van der Waals surface area contributed by atoms with Crippen LogP contribution in [0.3, 0.4) is 0 Å². The SMILES string of the molecule is CC(=O)N1c2cc(C)c(C)cc2NCC1(C)C. The van der Waals surface area contributed by atoms with E-state index in [-0.39, 0.29) is 11.4 Å². The molecule has 1 aromatic rings. The van der Waals surface area contributed by atoms with Crippen molar-refractivity contribution in [2.24, 2.45) is 0 Å². The molecule has 17 heavy (non-hydrogen) atoms. The Bertz CT molecular complexity index is 477. The van der Waals surface area contributed by atoms with Gasteiger partial charge < -0.3 is 10.2 Å². The van der Waals surface area contributed by atoms with Gasteiger partial charge in [0.25, 0.3) is 0 Å². The summed E-state index contributed by atoms with van der Waals surface area (Å²) in [4.78, 5) is 13.8. The van der Waals surface area contributed by atoms with Gasteiger partial charge in [0.05, 0.1) is 16.9 Å². The molecule has 0 bridgehead atoms. The molecule has 1 aromatic carbocycles. The van der Waals surface area contributed by atoms with Crippen molar-refractivity contribution in [2.75, 3.05) is 16.8 Å². The number of amides is 1. The summed E-state index contributed by atoms with van der Waals surface area (Å²) in [6.45, 7) is 10.7. The number of hydrogen-bond donors (Lipinski definition) is 1. The molecule has 0 aromatic heterocycles. The van der Waals surface area contributed by atoms with E-state index >= 15 is 0 Å². The van der Waals surface area contributed by atoms with Gasteiger partial charge in [0.1, 0.15) is 0 Å². The predicted octanol–water partition coefficient (Wildman–Crippen LogP) is 2.86. The second-order valence-corrected chi connectivity index (χ2v) is 5.47. The van der Waals surface area contributed by atoms with Crippen molar-refractivity contribution in [3.63, 3.8) is 0 Å². The van der Waals surface area contributed by atoms with E-state index in [4.69, 9.17) is 0 Å². The highest BCUT2D eigenvalue weighted by Gasteiger charge is 2.35. The first-order valence-electron chi connectivity index (χ1n) is 5.99. The fourth-order valence-electron chi connectivity index (χ4n) is 2.44. The van der Waals surface area contributed by atoms with Gasteiger partial charge in [-0.25, -0.2) is 0 Å². The van der Waals surface area contributed by atoms with Gasteiger partial charge >= 0.3 is 0 Å². The highest BCUT2D eigenvalue weighted by Crippen LogP contribution is 2.37. The zero-order chi connectivity index (χ0) is 12.8. The number of carbonyl (C=O) groups excluding carboxylic acids is 1. The van der Waals surface area contributed by atoms with Gasteiger partial charge in [-0.3, -0.25) is 4.79 Å². The van der Waals surface area contributed by atoms with Crippen LogP contribution < -0.4 is 10.2 Å². The van der Waals surface area contributed by atoms with Gasteiger partial charge in [0, 0.05) is 13.5 Å². The van der Waals surface area contributed by atoms with E-state index in [1.165, 1.54) is 11.1 Å². The molecule has 92 valence electrons. The van der Waals surface area contributed by atoms with E-state index in [1.54, 1.807) is 6.92 Å². The Labute approximate surface area is 103 Å². The third-order valence-electron chi connectivity index (χ3n) is 3.48. The van der Waals surface area contributed by atoms with E-state index in [0.717, 1.165) is 17.9 Å². The van der Waals surface area contributed by atoms with Gasteiger partial charge in [-0.05, 0) is 51.0 Å². The maximum Gasteiger partial charge on any atom is 0.224 e. The molecular weight excluding hydrogens is 212 g/mol. The van der Waals surface area contributed by atoms with Crippen molar-refractivity contribution in [3.05, 3.63) is 23.3 Å². The molecule has 0 atom stereocenters. The van der Waals surface area contributed by atoms with Crippen LogP contribution in [0.5, 0.6) is 0 Å². The van der Waals surface area contributed by atoms with E-state index in [0.29, 0.717) is 0 Å². The predicted molar refractivity (Wildman–Crippen MR) is 71.6 cm³/mol. The molecule has 0 radical (unpaired) electrons. The first-order valence-corrected chi connectivity index (χ1v) is 5.99. The molecule has 3 nitrogen and oxygen atoms in total. The lowest BCUT2D eigenvalue weighted by atomic mass is 9.95. The average Bonchev–Trinajstić information content (AvgIpc) is 2.19. The fourth-order valence-corrected chi connectivity index (χ4v) is 2.44. The minimum atomic E-state index is -0.180. The van der Waals surface area contributed by atoms with Crippen molar-refractivity contribution in [2.45, 2.75) is 40.2 Å². The number of nitrogens with zero attached hydrogens (tertiary/aromatic N) is 1. The standard InChI is InChI=1S/C14H20N2O/c1-9-6-12-13(7-10(9)2)16(11(3)17)14(4,5)8-15-12/h6-7,15H,8H2,1-5H3. The highest BCUT2D eigenvalue weighted by atomic mass is 16.2. The number of nitrogens with one attached hydrogen (secondary N) is 1. The molecule has 1 aliphatic heterocycles. The van der Waals surface area contributed by atoms with E-state index in [2.05, 4.69) is 45.1 Å². The number of benzene rings is 1. The van der Waals surface area contributed by atoms with Crippen LogP contribution in [0.4, 0.5) is 11.4 Å². The quantitative estimate of drug-likeness (QED) is 0.746. The number of anilines is 2. The van der Waals surface area contributed by atoms with Crippen molar-refractivity contribution in [3.8, 4) is 0 Å². The van der Waals surface area contributed by atoms with Gasteiger partial charge in [-0.2, -0.15) is 0 Å². The van der Waals surface area contributed by atoms with E-state index in [9.17, 15) is 4.79 Å². The summed E-state index contributed by atoms with van der Waals surface area (Å²) in [5.74, 6) is 0.0982. The van der Waals surface area contributed by atoms with Crippen LogP contribution in [0.25, 0.3) is 0 Å². The summed E-state index contributed by atoms with van der Waals surface area (Å²) < 4.78 is 0. The third-order valence-corrected chi connectivity index (χ3v) is 3.48. The normalized spacial score (nSPS) is 17.4. The summed E-state index contributed by atoms with van der Waals surface area (Å²) in [6, 6.07) is 4.22. The van der Waals surface area contributed by atoms with Crippen LogP contribution in [0, 0.1) is 13.8 Å². The zero-order valence-electron chi connectivity index (χ0n) is 11.2. The summed E-state index contributed by atoms with van der Waals surface area (Å²) in [5.41, 5.74) is 4.34. The number of carbonyl (C=O) groups is 1.